The van der Waals surface area contributed by atoms with E-state index in [0.717, 1.165) is 31.1 Å². The number of rotatable bonds is 5. The number of hydrogen-bond acceptors (Lipinski definition) is 5. The van der Waals surface area contributed by atoms with Crippen LogP contribution >= 0.6 is 11.5 Å². The van der Waals surface area contributed by atoms with Crippen LogP contribution in [0.1, 0.15) is 18.4 Å². The van der Waals surface area contributed by atoms with Gasteiger partial charge in [0, 0.05) is 19.6 Å². The Bertz CT molecular complexity index is 226. The van der Waals surface area contributed by atoms with Crippen molar-refractivity contribution in [3.05, 3.63) is 5.01 Å². The van der Waals surface area contributed by atoms with Crippen LogP contribution in [-0.2, 0) is 11.2 Å². The second-order valence-electron chi connectivity index (χ2n) is 2.35. The van der Waals surface area contributed by atoms with Gasteiger partial charge in [0.15, 0.2) is 0 Å². The van der Waals surface area contributed by atoms with Gasteiger partial charge in [-0.05, 0) is 24.9 Å². The number of aromatic nitrogens is 2. The number of nitrogens with zero attached hydrogens (tertiary/aromatic N) is 2. The molecule has 1 rings (SSSR count). The molecule has 12 heavy (non-hydrogen) atoms. The number of nitrogens with two attached hydrogens (primary N) is 1. The first-order chi connectivity index (χ1) is 5.83. The van der Waals surface area contributed by atoms with Crippen molar-refractivity contribution in [1.29, 1.82) is 0 Å². The second-order valence-corrected chi connectivity index (χ2v) is 3.18. The van der Waals surface area contributed by atoms with Gasteiger partial charge in [0.2, 0.25) is 5.95 Å². The lowest BCUT2D eigenvalue weighted by atomic mass is 10.3. The Labute approximate surface area is 75.9 Å². The van der Waals surface area contributed by atoms with Crippen molar-refractivity contribution in [3.63, 3.8) is 0 Å². The van der Waals surface area contributed by atoms with E-state index < -0.39 is 0 Å². The highest BCUT2D eigenvalue weighted by atomic mass is 32.1. The van der Waals surface area contributed by atoms with Crippen LogP contribution in [0.3, 0.4) is 0 Å². The molecule has 0 aromatic carbocycles. The lowest BCUT2D eigenvalue weighted by Gasteiger charge is -1.97. The summed E-state index contributed by atoms with van der Waals surface area (Å²) in [6.45, 7) is 3.55. The van der Waals surface area contributed by atoms with Crippen LogP contribution in [0.4, 0.5) is 5.95 Å². The van der Waals surface area contributed by atoms with Gasteiger partial charge in [0.25, 0.3) is 0 Å². The quantitative estimate of drug-likeness (QED) is 0.701. The standard InChI is InChI=1S/C7H13N3OS/c1-2-11-5-3-4-6-9-7(8)10-12-6/h2-5H2,1H3,(H2,8,10). The third-order valence-corrected chi connectivity index (χ3v) is 2.15. The van der Waals surface area contributed by atoms with E-state index in [1.54, 1.807) is 0 Å². The minimum atomic E-state index is 0.381. The Hall–Kier alpha value is -0.680. The predicted octanol–water partition coefficient (Wildman–Crippen LogP) is 1.09. The van der Waals surface area contributed by atoms with Crippen LogP contribution in [0.2, 0.25) is 0 Å². The molecule has 0 radical (unpaired) electrons. The summed E-state index contributed by atoms with van der Waals surface area (Å²) in [7, 11) is 0. The fourth-order valence-electron chi connectivity index (χ4n) is 0.839. The van der Waals surface area contributed by atoms with Gasteiger partial charge in [0.05, 0.1) is 0 Å². The molecular formula is C7H13N3OS. The lowest BCUT2D eigenvalue weighted by Crippen LogP contribution is -1.95. The summed E-state index contributed by atoms with van der Waals surface area (Å²) >= 11 is 1.37. The molecule has 0 spiro atoms. The number of anilines is 1. The number of nitrogen functional groups attached to an aromatic ring is 1. The first-order valence-electron chi connectivity index (χ1n) is 3.98. The van der Waals surface area contributed by atoms with Crippen LogP contribution in [-0.4, -0.2) is 22.6 Å². The maximum Gasteiger partial charge on any atom is 0.232 e. The zero-order valence-corrected chi connectivity index (χ0v) is 7.93. The van der Waals surface area contributed by atoms with Crippen LogP contribution in [0.25, 0.3) is 0 Å². The first-order valence-corrected chi connectivity index (χ1v) is 4.76. The number of hydrogen-bond donors (Lipinski definition) is 1. The fraction of sp³-hybridized carbons (Fsp3) is 0.714. The number of aryl methyl sites for hydroxylation is 1. The Morgan fingerprint density at radius 3 is 3.00 bits per heavy atom. The molecule has 0 aliphatic heterocycles. The van der Waals surface area contributed by atoms with Crippen molar-refractivity contribution in [2.24, 2.45) is 0 Å². The maximum atomic E-state index is 5.37. The van der Waals surface area contributed by atoms with Gasteiger partial charge in [-0.15, -0.1) is 0 Å². The van der Waals surface area contributed by atoms with Crippen molar-refractivity contribution < 1.29 is 4.74 Å². The molecular weight excluding hydrogens is 174 g/mol. The molecule has 0 bridgehead atoms. The number of ether oxygens (including phenoxy) is 1. The topological polar surface area (TPSA) is 61.0 Å². The van der Waals surface area contributed by atoms with Gasteiger partial charge >= 0.3 is 0 Å². The molecule has 1 heterocycles. The van der Waals surface area contributed by atoms with Gasteiger partial charge in [-0.3, -0.25) is 0 Å². The molecule has 1 aromatic heterocycles. The highest BCUT2D eigenvalue weighted by Crippen LogP contribution is 2.07. The SMILES string of the molecule is CCOCCCc1nc(N)ns1. The first kappa shape index (κ1) is 9.41. The normalized spacial score (nSPS) is 10.4. The molecule has 0 atom stereocenters. The zero-order valence-electron chi connectivity index (χ0n) is 7.12. The zero-order chi connectivity index (χ0) is 8.81. The Kier molecular flexibility index (Phi) is 3.96. The lowest BCUT2D eigenvalue weighted by molar-refractivity contribution is 0.145. The largest absolute Gasteiger partial charge is 0.382 e. The van der Waals surface area contributed by atoms with E-state index in [1.165, 1.54) is 11.5 Å². The highest BCUT2D eigenvalue weighted by molar-refractivity contribution is 7.05. The Morgan fingerprint density at radius 2 is 2.42 bits per heavy atom. The molecule has 0 unspecified atom stereocenters. The van der Waals surface area contributed by atoms with Gasteiger partial charge < -0.3 is 10.5 Å². The molecule has 2 N–H and O–H groups in total. The van der Waals surface area contributed by atoms with E-state index in [2.05, 4.69) is 9.36 Å². The van der Waals surface area contributed by atoms with Gasteiger partial charge in [-0.2, -0.15) is 4.37 Å². The van der Waals surface area contributed by atoms with Crippen molar-refractivity contribution in [3.8, 4) is 0 Å². The average Bonchev–Trinajstić information content (AvgIpc) is 2.45. The third-order valence-electron chi connectivity index (χ3n) is 1.37. The monoisotopic (exact) mass is 187 g/mol. The molecule has 5 heteroatoms. The minimum absolute atomic E-state index is 0.381. The van der Waals surface area contributed by atoms with Crippen molar-refractivity contribution in [2.45, 2.75) is 19.8 Å². The summed E-state index contributed by atoms with van der Waals surface area (Å²) in [6.07, 6.45) is 1.90. The fourth-order valence-corrected chi connectivity index (χ4v) is 1.45. The van der Waals surface area contributed by atoms with Crippen molar-refractivity contribution in [1.82, 2.24) is 9.36 Å². The van der Waals surface area contributed by atoms with Crippen molar-refractivity contribution in [2.75, 3.05) is 18.9 Å². The molecule has 0 saturated heterocycles. The Morgan fingerprint density at radius 1 is 1.58 bits per heavy atom. The van der Waals surface area contributed by atoms with Gasteiger partial charge in [0.1, 0.15) is 5.01 Å². The summed E-state index contributed by atoms with van der Waals surface area (Å²) in [5, 5.41) is 0.993. The molecule has 4 nitrogen and oxygen atoms in total. The molecule has 1 aromatic rings. The van der Waals surface area contributed by atoms with E-state index in [9.17, 15) is 0 Å². The minimum Gasteiger partial charge on any atom is -0.382 e. The molecule has 0 aliphatic rings. The molecule has 68 valence electrons. The van der Waals surface area contributed by atoms with Crippen LogP contribution in [0, 0.1) is 0 Å². The average molecular weight is 187 g/mol. The van der Waals surface area contributed by atoms with Gasteiger partial charge in [-0.1, -0.05) is 0 Å². The highest BCUT2D eigenvalue weighted by Gasteiger charge is 1.99. The van der Waals surface area contributed by atoms with Crippen LogP contribution < -0.4 is 5.73 Å². The Balaban J connectivity index is 2.15. The molecule has 0 amide bonds. The third kappa shape index (κ3) is 3.15. The maximum absolute atomic E-state index is 5.37. The van der Waals surface area contributed by atoms with Crippen LogP contribution in [0.5, 0.6) is 0 Å². The smallest absolute Gasteiger partial charge is 0.232 e. The molecule has 0 aliphatic carbocycles. The van der Waals surface area contributed by atoms with E-state index in [-0.39, 0.29) is 0 Å². The summed E-state index contributed by atoms with van der Waals surface area (Å²) in [6, 6.07) is 0. The van der Waals surface area contributed by atoms with E-state index in [4.69, 9.17) is 10.5 Å². The summed E-state index contributed by atoms with van der Waals surface area (Å²) in [5.74, 6) is 0.381. The summed E-state index contributed by atoms with van der Waals surface area (Å²) < 4.78 is 9.07. The van der Waals surface area contributed by atoms with E-state index >= 15 is 0 Å². The molecule has 0 saturated carbocycles. The van der Waals surface area contributed by atoms with Crippen molar-refractivity contribution >= 4 is 17.5 Å². The van der Waals surface area contributed by atoms with Gasteiger partial charge in [-0.25, -0.2) is 4.98 Å². The second kappa shape index (κ2) is 5.05. The summed E-state index contributed by atoms with van der Waals surface area (Å²) in [5.41, 5.74) is 5.37. The van der Waals surface area contributed by atoms with E-state index in [0.29, 0.717) is 5.95 Å². The predicted molar refractivity (Wildman–Crippen MR) is 49.1 cm³/mol. The summed E-state index contributed by atoms with van der Waals surface area (Å²) in [4.78, 5) is 4.04. The van der Waals surface area contributed by atoms with E-state index in [1.807, 2.05) is 6.92 Å². The molecule has 0 fully saturated rings. The van der Waals surface area contributed by atoms with Crippen LogP contribution in [0.15, 0.2) is 0 Å².